The summed E-state index contributed by atoms with van der Waals surface area (Å²) in [5.41, 5.74) is 8.42. The molecule has 0 spiro atoms. The smallest absolute Gasteiger partial charge is 0.0781 e. The summed E-state index contributed by atoms with van der Waals surface area (Å²) in [6, 6.07) is 9.83. The summed E-state index contributed by atoms with van der Waals surface area (Å²) in [6.45, 7) is 0.406. The van der Waals surface area contributed by atoms with Gasteiger partial charge in [0.2, 0.25) is 0 Å². The van der Waals surface area contributed by atoms with Crippen molar-refractivity contribution in [2.24, 2.45) is 5.73 Å². The number of nitrogens with two attached hydrogens (primary N) is 1. The third-order valence-electron chi connectivity index (χ3n) is 2.68. The maximum Gasteiger partial charge on any atom is 0.0781 e. The molecule has 2 aromatic heterocycles. The van der Waals surface area contributed by atoms with Crippen molar-refractivity contribution < 1.29 is 0 Å². The number of hydrogen-bond donors (Lipinski definition) is 1. The van der Waals surface area contributed by atoms with Gasteiger partial charge in [0.15, 0.2) is 0 Å². The second-order valence-corrected chi connectivity index (χ2v) is 3.69. The van der Waals surface area contributed by atoms with Gasteiger partial charge in [-0.15, -0.1) is 5.10 Å². The molecule has 0 radical (unpaired) electrons. The Kier molecular flexibility index (Phi) is 2.31. The standard InChI is InChI=1S/C12H11N5/c13-7-9-8-15-16-17(9)12-5-1-4-11-10(12)3-2-6-14-11/h1-6,8H,7,13H2. The highest BCUT2D eigenvalue weighted by Crippen LogP contribution is 2.20. The summed E-state index contributed by atoms with van der Waals surface area (Å²) >= 11 is 0. The van der Waals surface area contributed by atoms with E-state index in [0.717, 1.165) is 22.3 Å². The Bertz CT molecular complexity index is 653. The van der Waals surface area contributed by atoms with Gasteiger partial charge in [0, 0.05) is 18.1 Å². The lowest BCUT2D eigenvalue weighted by atomic mass is 10.2. The van der Waals surface area contributed by atoms with Gasteiger partial charge in [0.1, 0.15) is 0 Å². The zero-order valence-corrected chi connectivity index (χ0v) is 9.11. The molecule has 0 amide bonds. The lowest BCUT2D eigenvalue weighted by Gasteiger charge is -2.07. The number of nitrogens with zero attached hydrogens (tertiary/aromatic N) is 4. The first-order valence-corrected chi connectivity index (χ1v) is 5.34. The van der Waals surface area contributed by atoms with Crippen LogP contribution in [0.3, 0.4) is 0 Å². The number of fused-ring (bicyclic) bond motifs is 1. The second kappa shape index (κ2) is 3.95. The van der Waals surface area contributed by atoms with Crippen LogP contribution in [0.15, 0.2) is 42.7 Å². The largest absolute Gasteiger partial charge is 0.325 e. The highest BCUT2D eigenvalue weighted by atomic mass is 15.4. The van der Waals surface area contributed by atoms with Gasteiger partial charge in [-0.05, 0) is 24.3 Å². The lowest BCUT2D eigenvalue weighted by Crippen LogP contribution is -2.07. The van der Waals surface area contributed by atoms with E-state index in [1.165, 1.54) is 0 Å². The van der Waals surface area contributed by atoms with Gasteiger partial charge < -0.3 is 5.73 Å². The van der Waals surface area contributed by atoms with E-state index in [1.807, 2.05) is 30.3 Å². The minimum Gasteiger partial charge on any atom is -0.325 e. The van der Waals surface area contributed by atoms with Crippen molar-refractivity contribution in [2.45, 2.75) is 6.54 Å². The van der Waals surface area contributed by atoms with Gasteiger partial charge in [-0.3, -0.25) is 4.98 Å². The van der Waals surface area contributed by atoms with Crippen LogP contribution in [0.5, 0.6) is 0 Å². The summed E-state index contributed by atoms with van der Waals surface area (Å²) in [5, 5.41) is 8.99. The van der Waals surface area contributed by atoms with Gasteiger partial charge in [-0.25, -0.2) is 4.68 Å². The lowest BCUT2D eigenvalue weighted by molar-refractivity contribution is 0.766. The van der Waals surface area contributed by atoms with Crippen molar-refractivity contribution in [3.8, 4) is 5.69 Å². The van der Waals surface area contributed by atoms with Gasteiger partial charge in [-0.1, -0.05) is 11.3 Å². The van der Waals surface area contributed by atoms with Gasteiger partial charge in [0.25, 0.3) is 0 Å². The first-order chi connectivity index (χ1) is 8.40. The quantitative estimate of drug-likeness (QED) is 0.713. The topological polar surface area (TPSA) is 69.6 Å². The fourth-order valence-corrected chi connectivity index (χ4v) is 1.87. The molecule has 0 atom stereocenters. The number of pyridine rings is 1. The van der Waals surface area contributed by atoms with E-state index in [9.17, 15) is 0 Å². The van der Waals surface area contributed by atoms with Gasteiger partial charge >= 0.3 is 0 Å². The number of rotatable bonds is 2. The molecule has 5 nitrogen and oxygen atoms in total. The molecule has 0 saturated heterocycles. The number of aromatic nitrogens is 4. The van der Waals surface area contributed by atoms with E-state index in [-0.39, 0.29) is 0 Å². The van der Waals surface area contributed by atoms with Crippen molar-refractivity contribution in [2.75, 3.05) is 0 Å². The Morgan fingerprint density at radius 3 is 3.00 bits per heavy atom. The first-order valence-electron chi connectivity index (χ1n) is 5.34. The predicted molar refractivity (Wildman–Crippen MR) is 64.6 cm³/mol. The molecule has 3 aromatic rings. The van der Waals surface area contributed by atoms with Crippen LogP contribution in [0, 0.1) is 0 Å². The monoisotopic (exact) mass is 225 g/mol. The molecular weight excluding hydrogens is 214 g/mol. The van der Waals surface area contributed by atoms with Crippen molar-refractivity contribution >= 4 is 10.9 Å². The van der Waals surface area contributed by atoms with Crippen LogP contribution in [0.4, 0.5) is 0 Å². The molecule has 3 rings (SSSR count). The average molecular weight is 225 g/mol. The van der Waals surface area contributed by atoms with Crippen molar-refractivity contribution in [1.82, 2.24) is 20.0 Å². The first kappa shape index (κ1) is 9.92. The van der Waals surface area contributed by atoms with Gasteiger partial charge in [0.05, 0.1) is 23.1 Å². The Morgan fingerprint density at radius 2 is 2.12 bits per heavy atom. The molecule has 0 bridgehead atoms. The summed E-state index contributed by atoms with van der Waals surface area (Å²) in [4.78, 5) is 4.31. The molecule has 1 aromatic carbocycles. The molecule has 17 heavy (non-hydrogen) atoms. The Balaban J connectivity index is 2.31. The molecule has 0 aliphatic rings. The Labute approximate surface area is 97.9 Å². The molecule has 0 unspecified atom stereocenters. The normalized spacial score (nSPS) is 10.9. The number of benzene rings is 1. The fourth-order valence-electron chi connectivity index (χ4n) is 1.87. The highest BCUT2D eigenvalue weighted by molar-refractivity contribution is 5.86. The molecule has 2 heterocycles. The van der Waals surface area contributed by atoms with Crippen LogP contribution in [0.2, 0.25) is 0 Å². The fraction of sp³-hybridized carbons (Fsp3) is 0.0833. The zero-order chi connectivity index (χ0) is 11.7. The molecule has 2 N–H and O–H groups in total. The van der Waals surface area contributed by atoms with E-state index < -0.39 is 0 Å². The van der Waals surface area contributed by atoms with Crippen LogP contribution in [0.25, 0.3) is 16.6 Å². The van der Waals surface area contributed by atoms with Gasteiger partial charge in [-0.2, -0.15) is 0 Å². The molecular formula is C12H11N5. The Morgan fingerprint density at radius 1 is 1.18 bits per heavy atom. The van der Waals surface area contributed by atoms with Crippen LogP contribution < -0.4 is 5.73 Å². The summed E-state index contributed by atoms with van der Waals surface area (Å²) in [7, 11) is 0. The summed E-state index contributed by atoms with van der Waals surface area (Å²) in [6.07, 6.45) is 3.45. The van der Waals surface area contributed by atoms with Crippen molar-refractivity contribution in [3.05, 3.63) is 48.4 Å². The Hall–Kier alpha value is -2.27. The van der Waals surface area contributed by atoms with Crippen LogP contribution >= 0.6 is 0 Å². The third-order valence-corrected chi connectivity index (χ3v) is 2.68. The summed E-state index contributed by atoms with van der Waals surface area (Å²) in [5.74, 6) is 0. The SMILES string of the molecule is NCc1cnnn1-c1cccc2ncccc12. The van der Waals surface area contributed by atoms with Crippen molar-refractivity contribution in [1.29, 1.82) is 0 Å². The maximum atomic E-state index is 5.66. The number of hydrogen-bond acceptors (Lipinski definition) is 4. The second-order valence-electron chi connectivity index (χ2n) is 3.69. The third kappa shape index (κ3) is 1.57. The minimum atomic E-state index is 0.406. The molecule has 0 aliphatic heterocycles. The van der Waals surface area contributed by atoms with Crippen molar-refractivity contribution in [3.63, 3.8) is 0 Å². The van der Waals surface area contributed by atoms with E-state index in [1.54, 1.807) is 17.1 Å². The zero-order valence-electron chi connectivity index (χ0n) is 9.11. The van der Waals surface area contributed by atoms with E-state index in [4.69, 9.17) is 5.73 Å². The average Bonchev–Trinajstić information content (AvgIpc) is 2.86. The minimum absolute atomic E-state index is 0.406. The van der Waals surface area contributed by atoms with Crippen LogP contribution in [-0.2, 0) is 6.54 Å². The van der Waals surface area contributed by atoms with E-state index >= 15 is 0 Å². The van der Waals surface area contributed by atoms with E-state index in [0.29, 0.717) is 6.54 Å². The highest BCUT2D eigenvalue weighted by Gasteiger charge is 2.08. The van der Waals surface area contributed by atoms with Crippen LogP contribution in [0.1, 0.15) is 5.69 Å². The molecule has 5 heteroatoms. The van der Waals surface area contributed by atoms with E-state index in [2.05, 4.69) is 15.3 Å². The van der Waals surface area contributed by atoms with Crippen LogP contribution in [-0.4, -0.2) is 20.0 Å². The molecule has 84 valence electrons. The molecule has 0 fully saturated rings. The summed E-state index contributed by atoms with van der Waals surface area (Å²) < 4.78 is 1.75. The maximum absolute atomic E-state index is 5.66. The molecule has 0 saturated carbocycles. The molecule has 0 aliphatic carbocycles. The predicted octanol–water partition coefficient (Wildman–Crippen LogP) is 1.27.